The molecule has 2 N–H and O–H groups in total. The van der Waals surface area contributed by atoms with Crippen molar-refractivity contribution in [2.45, 2.75) is 31.3 Å². The molecule has 1 aromatic rings. The van der Waals surface area contributed by atoms with E-state index in [4.69, 9.17) is 5.73 Å². The van der Waals surface area contributed by atoms with Gasteiger partial charge in [0.15, 0.2) is 0 Å². The molecular weight excluding hydrogens is 238 g/mol. The molecule has 1 aromatic heterocycles. The lowest BCUT2D eigenvalue weighted by Crippen LogP contribution is -2.37. The van der Waals surface area contributed by atoms with Crippen molar-refractivity contribution in [3.05, 3.63) is 18.0 Å². The van der Waals surface area contributed by atoms with E-state index in [1.165, 1.54) is 37.9 Å². The molecule has 106 valence electrons. The SMILES string of the molecule is Cn1cc(C(CN)N2CCC(N3CCCC3)C2)cn1. The number of hydrogen-bond donors (Lipinski definition) is 1. The quantitative estimate of drug-likeness (QED) is 0.864. The minimum Gasteiger partial charge on any atom is -0.329 e. The molecule has 0 aliphatic carbocycles. The Kier molecular flexibility index (Phi) is 3.86. The monoisotopic (exact) mass is 263 g/mol. The van der Waals surface area contributed by atoms with Crippen LogP contribution in [0.4, 0.5) is 0 Å². The first-order chi connectivity index (χ1) is 9.28. The molecule has 0 bridgehead atoms. The first-order valence-electron chi connectivity index (χ1n) is 7.44. The zero-order valence-corrected chi connectivity index (χ0v) is 11.8. The van der Waals surface area contributed by atoms with Gasteiger partial charge in [-0.15, -0.1) is 0 Å². The zero-order chi connectivity index (χ0) is 13.2. The minimum atomic E-state index is 0.335. The van der Waals surface area contributed by atoms with Gasteiger partial charge >= 0.3 is 0 Å². The normalized spacial score (nSPS) is 27.2. The molecule has 0 aromatic carbocycles. The van der Waals surface area contributed by atoms with Crippen molar-refractivity contribution in [2.24, 2.45) is 12.8 Å². The molecule has 2 aliphatic rings. The molecule has 19 heavy (non-hydrogen) atoms. The summed E-state index contributed by atoms with van der Waals surface area (Å²) in [4.78, 5) is 5.21. The molecule has 2 fully saturated rings. The smallest absolute Gasteiger partial charge is 0.0538 e. The summed E-state index contributed by atoms with van der Waals surface area (Å²) in [5.74, 6) is 0. The van der Waals surface area contributed by atoms with Crippen molar-refractivity contribution >= 4 is 0 Å². The first kappa shape index (κ1) is 13.1. The van der Waals surface area contributed by atoms with Crippen molar-refractivity contribution in [3.63, 3.8) is 0 Å². The Bertz CT molecular complexity index is 410. The van der Waals surface area contributed by atoms with Crippen LogP contribution >= 0.6 is 0 Å². The van der Waals surface area contributed by atoms with Crippen LogP contribution in [-0.2, 0) is 7.05 Å². The van der Waals surface area contributed by atoms with Crippen molar-refractivity contribution in [2.75, 3.05) is 32.7 Å². The average molecular weight is 263 g/mol. The van der Waals surface area contributed by atoms with Crippen LogP contribution in [0.1, 0.15) is 30.9 Å². The van der Waals surface area contributed by atoms with E-state index in [1.54, 1.807) is 0 Å². The molecule has 0 amide bonds. The third kappa shape index (κ3) is 2.68. The number of aryl methyl sites for hydroxylation is 1. The molecule has 0 saturated carbocycles. The predicted octanol–water partition coefficient (Wildman–Crippen LogP) is 0.590. The van der Waals surface area contributed by atoms with E-state index in [-0.39, 0.29) is 0 Å². The van der Waals surface area contributed by atoms with Gasteiger partial charge in [0.1, 0.15) is 0 Å². The molecule has 3 rings (SSSR count). The van der Waals surface area contributed by atoms with Gasteiger partial charge in [-0.1, -0.05) is 0 Å². The summed E-state index contributed by atoms with van der Waals surface area (Å²) in [6.07, 6.45) is 8.09. The van der Waals surface area contributed by atoms with E-state index in [0.717, 1.165) is 19.1 Å². The molecule has 3 heterocycles. The van der Waals surface area contributed by atoms with Crippen LogP contribution < -0.4 is 5.73 Å². The van der Waals surface area contributed by atoms with Gasteiger partial charge in [-0.2, -0.15) is 5.10 Å². The summed E-state index contributed by atoms with van der Waals surface area (Å²) in [6, 6.07) is 1.08. The Balaban J connectivity index is 1.65. The van der Waals surface area contributed by atoms with E-state index in [1.807, 2.05) is 17.9 Å². The third-order valence-electron chi connectivity index (χ3n) is 4.63. The summed E-state index contributed by atoms with van der Waals surface area (Å²) in [7, 11) is 1.97. The molecule has 5 nitrogen and oxygen atoms in total. The van der Waals surface area contributed by atoms with Gasteiger partial charge in [0.05, 0.1) is 12.2 Å². The lowest BCUT2D eigenvalue weighted by molar-refractivity contribution is 0.203. The Morgan fingerprint density at radius 3 is 2.79 bits per heavy atom. The summed E-state index contributed by atoms with van der Waals surface area (Å²) in [5.41, 5.74) is 7.26. The highest BCUT2D eigenvalue weighted by atomic mass is 15.3. The van der Waals surface area contributed by atoms with Gasteiger partial charge in [-0.25, -0.2) is 0 Å². The van der Waals surface area contributed by atoms with E-state index >= 15 is 0 Å². The van der Waals surface area contributed by atoms with Crippen LogP contribution in [0.2, 0.25) is 0 Å². The predicted molar refractivity (Wildman–Crippen MR) is 75.8 cm³/mol. The topological polar surface area (TPSA) is 50.3 Å². The second kappa shape index (κ2) is 5.61. The maximum atomic E-state index is 6.00. The van der Waals surface area contributed by atoms with Crippen molar-refractivity contribution in [3.8, 4) is 0 Å². The van der Waals surface area contributed by atoms with E-state index < -0.39 is 0 Å². The van der Waals surface area contributed by atoms with Crippen LogP contribution in [-0.4, -0.2) is 58.3 Å². The zero-order valence-electron chi connectivity index (χ0n) is 11.8. The van der Waals surface area contributed by atoms with Crippen LogP contribution in [0.3, 0.4) is 0 Å². The Hall–Kier alpha value is -0.910. The fraction of sp³-hybridized carbons (Fsp3) is 0.786. The third-order valence-corrected chi connectivity index (χ3v) is 4.63. The van der Waals surface area contributed by atoms with Crippen LogP contribution in [0.25, 0.3) is 0 Å². The largest absolute Gasteiger partial charge is 0.329 e. The standard InChI is InChI=1S/C14H25N5/c1-17-10-12(9-16-17)14(8-15)19-7-4-13(11-19)18-5-2-3-6-18/h9-10,13-14H,2-8,11,15H2,1H3. The van der Waals surface area contributed by atoms with E-state index in [0.29, 0.717) is 12.6 Å². The summed E-state index contributed by atoms with van der Waals surface area (Å²) >= 11 is 0. The van der Waals surface area contributed by atoms with Crippen molar-refractivity contribution < 1.29 is 0 Å². The summed E-state index contributed by atoms with van der Waals surface area (Å²) in [6.45, 7) is 5.59. The molecule has 2 saturated heterocycles. The highest BCUT2D eigenvalue weighted by Crippen LogP contribution is 2.27. The van der Waals surface area contributed by atoms with Crippen LogP contribution in [0.15, 0.2) is 12.4 Å². The molecule has 2 atom stereocenters. The van der Waals surface area contributed by atoms with Gasteiger partial charge in [-0.05, 0) is 32.4 Å². The average Bonchev–Trinajstić information content (AvgIpc) is 3.10. The fourth-order valence-electron chi connectivity index (χ4n) is 3.56. The Morgan fingerprint density at radius 1 is 1.37 bits per heavy atom. The Labute approximate surface area is 115 Å². The number of nitrogens with two attached hydrogens (primary N) is 1. The highest BCUT2D eigenvalue weighted by Gasteiger charge is 2.33. The maximum absolute atomic E-state index is 6.00. The Morgan fingerprint density at radius 2 is 2.16 bits per heavy atom. The molecule has 5 heteroatoms. The molecular formula is C14H25N5. The lowest BCUT2D eigenvalue weighted by atomic mass is 10.1. The fourth-order valence-corrected chi connectivity index (χ4v) is 3.56. The lowest BCUT2D eigenvalue weighted by Gasteiger charge is -2.28. The highest BCUT2D eigenvalue weighted by molar-refractivity contribution is 5.12. The second-order valence-electron chi connectivity index (χ2n) is 5.88. The summed E-state index contributed by atoms with van der Waals surface area (Å²) < 4.78 is 1.87. The minimum absolute atomic E-state index is 0.335. The molecule has 2 unspecified atom stereocenters. The van der Waals surface area contributed by atoms with Gasteiger partial charge < -0.3 is 5.73 Å². The summed E-state index contributed by atoms with van der Waals surface area (Å²) in [5, 5.41) is 4.28. The number of likely N-dealkylation sites (tertiary alicyclic amines) is 2. The number of nitrogens with zero attached hydrogens (tertiary/aromatic N) is 4. The van der Waals surface area contributed by atoms with Crippen molar-refractivity contribution in [1.29, 1.82) is 0 Å². The van der Waals surface area contributed by atoms with Gasteiger partial charge in [0, 0.05) is 44.5 Å². The molecule has 0 spiro atoms. The van der Waals surface area contributed by atoms with Crippen LogP contribution in [0.5, 0.6) is 0 Å². The van der Waals surface area contributed by atoms with E-state index in [2.05, 4.69) is 21.1 Å². The number of hydrogen-bond acceptors (Lipinski definition) is 4. The maximum Gasteiger partial charge on any atom is 0.0538 e. The van der Waals surface area contributed by atoms with Crippen LogP contribution in [0, 0.1) is 0 Å². The second-order valence-corrected chi connectivity index (χ2v) is 5.88. The van der Waals surface area contributed by atoms with Gasteiger partial charge in [0.2, 0.25) is 0 Å². The van der Waals surface area contributed by atoms with Gasteiger partial charge in [-0.3, -0.25) is 14.5 Å². The molecule has 0 radical (unpaired) electrons. The first-order valence-corrected chi connectivity index (χ1v) is 7.44. The van der Waals surface area contributed by atoms with E-state index in [9.17, 15) is 0 Å². The number of rotatable bonds is 4. The van der Waals surface area contributed by atoms with Gasteiger partial charge in [0.25, 0.3) is 0 Å². The van der Waals surface area contributed by atoms with Crippen molar-refractivity contribution in [1.82, 2.24) is 19.6 Å². The number of aromatic nitrogens is 2. The molecule has 2 aliphatic heterocycles.